The first-order chi connectivity index (χ1) is 19.3. The maximum atomic E-state index is 14.4. The fraction of sp³-hybridized carbons (Fsp3) is 0.321. The van der Waals surface area contributed by atoms with Crippen molar-refractivity contribution < 1.29 is 36.3 Å². The van der Waals surface area contributed by atoms with Gasteiger partial charge in [0, 0.05) is 18.4 Å². The van der Waals surface area contributed by atoms with E-state index in [9.17, 15) is 31.6 Å². The van der Waals surface area contributed by atoms with Crippen LogP contribution in [0.15, 0.2) is 60.7 Å². The second-order valence-corrected chi connectivity index (χ2v) is 12.1. The SMILES string of the molecule is CNC(C)(C(N)=O)[C@@H]1CN(C(=O)CS(C)(=O)=O)c2ccccc2N(Cc2c(OC(F)F)ccc3ccccc23)C1=O. The van der Waals surface area contributed by atoms with Crippen LogP contribution in [0.4, 0.5) is 20.2 Å². The third-order valence-electron chi connectivity index (χ3n) is 7.34. The van der Waals surface area contributed by atoms with Crippen LogP contribution >= 0.6 is 0 Å². The average Bonchev–Trinajstić information content (AvgIpc) is 3.03. The van der Waals surface area contributed by atoms with E-state index in [2.05, 4.69) is 5.32 Å². The fourth-order valence-corrected chi connectivity index (χ4v) is 5.63. The molecule has 0 aromatic heterocycles. The van der Waals surface area contributed by atoms with Crippen LogP contribution in [0.2, 0.25) is 0 Å². The first kappa shape index (κ1) is 29.9. The number of sulfone groups is 1. The first-order valence-corrected chi connectivity index (χ1v) is 14.7. The maximum absolute atomic E-state index is 14.4. The largest absolute Gasteiger partial charge is 0.434 e. The number of nitrogens with zero attached hydrogens (tertiary/aromatic N) is 2. The summed E-state index contributed by atoms with van der Waals surface area (Å²) in [5, 5.41) is 4.05. The van der Waals surface area contributed by atoms with E-state index in [-0.39, 0.29) is 35.8 Å². The van der Waals surface area contributed by atoms with Crippen molar-refractivity contribution in [1.82, 2.24) is 5.32 Å². The minimum absolute atomic E-state index is 0.152. The highest BCUT2D eigenvalue weighted by atomic mass is 32.2. The van der Waals surface area contributed by atoms with Gasteiger partial charge in [-0.3, -0.25) is 14.4 Å². The fourth-order valence-electron chi connectivity index (χ4n) is 5.03. The van der Waals surface area contributed by atoms with Gasteiger partial charge in [-0.05, 0) is 42.9 Å². The summed E-state index contributed by atoms with van der Waals surface area (Å²) < 4.78 is 55.8. The highest BCUT2D eigenvalue weighted by Gasteiger charge is 2.49. The number of halogens is 2. The molecular formula is C28H30F2N4O6S. The third-order valence-corrected chi connectivity index (χ3v) is 8.11. The van der Waals surface area contributed by atoms with Gasteiger partial charge in [0.2, 0.25) is 17.7 Å². The molecule has 3 amide bonds. The molecule has 3 aromatic rings. The minimum Gasteiger partial charge on any atom is -0.434 e. The van der Waals surface area contributed by atoms with Gasteiger partial charge in [-0.15, -0.1) is 0 Å². The van der Waals surface area contributed by atoms with E-state index in [1.54, 1.807) is 54.6 Å². The summed E-state index contributed by atoms with van der Waals surface area (Å²) in [6, 6.07) is 16.3. The average molecular weight is 589 g/mol. The van der Waals surface area contributed by atoms with Crippen molar-refractivity contribution in [2.24, 2.45) is 11.7 Å². The number of amides is 3. The predicted molar refractivity (Wildman–Crippen MR) is 150 cm³/mol. The van der Waals surface area contributed by atoms with E-state index >= 15 is 0 Å². The molecule has 3 aromatic carbocycles. The van der Waals surface area contributed by atoms with Crippen molar-refractivity contribution in [3.05, 3.63) is 66.2 Å². The molecule has 218 valence electrons. The number of carbonyl (C=O) groups excluding carboxylic acids is 3. The van der Waals surface area contributed by atoms with Crippen molar-refractivity contribution in [2.45, 2.75) is 25.6 Å². The number of carbonyl (C=O) groups is 3. The van der Waals surface area contributed by atoms with Gasteiger partial charge >= 0.3 is 6.61 Å². The molecule has 13 heteroatoms. The standard InChI is InChI=1S/C28H30F2N4O6S/c1-28(32-2,26(31)37)20-15-33(24(35)16-41(3,38)39)21-10-6-7-11-22(21)34(25(20)36)14-19-18-9-5-4-8-17(18)12-13-23(19)40-27(29)30/h4-13,20,27,32H,14-16H2,1-3H3,(H2,31,37)/t20-,28?/m1/s1. The molecule has 1 aliphatic rings. The topological polar surface area (TPSA) is 139 Å². The summed E-state index contributed by atoms with van der Waals surface area (Å²) in [4.78, 5) is 42.9. The number of anilines is 2. The lowest BCUT2D eigenvalue weighted by molar-refractivity contribution is -0.133. The molecule has 41 heavy (non-hydrogen) atoms. The summed E-state index contributed by atoms with van der Waals surface area (Å²) >= 11 is 0. The molecule has 2 atom stereocenters. The molecule has 0 radical (unpaired) electrons. The summed E-state index contributed by atoms with van der Waals surface area (Å²) in [5.74, 6) is -4.62. The first-order valence-electron chi connectivity index (χ1n) is 12.6. The number of nitrogens with two attached hydrogens (primary N) is 1. The van der Waals surface area contributed by atoms with Crippen LogP contribution in [0.1, 0.15) is 12.5 Å². The van der Waals surface area contributed by atoms with Crippen LogP contribution in [0.25, 0.3) is 10.8 Å². The monoisotopic (exact) mass is 588 g/mol. The Hall–Kier alpha value is -4.10. The summed E-state index contributed by atoms with van der Waals surface area (Å²) in [6.07, 6.45) is 0.912. The van der Waals surface area contributed by atoms with E-state index in [4.69, 9.17) is 10.5 Å². The molecule has 1 heterocycles. The van der Waals surface area contributed by atoms with Gasteiger partial charge in [0.15, 0.2) is 9.84 Å². The van der Waals surface area contributed by atoms with Crippen LogP contribution in [0.5, 0.6) is 5.75 Å². The Morgan fingerprint density at radius 1 is 1.10 bits per heavy atom. The Balaban J connectivity index is 1.96. The third kappa shape index (κ3) is 6.00. The second-order valence-electron chi connectivity index (χ2n) is 10.00. The van der Waals surface area contributed by atoms with Gasteiger partial charge in [0.25, 0.3) is 0 Å². The number of hydrogen-bond acceptors (Lipinski definition) is 7. The lowest BCUT2D eigenvalue weighted by Crippen LogP contribution is -2.63. The summed E-state index contributed by atoms with van der Waals surface area (Å²) in [5.41, 5.74) is 4.74. The van der Waals surface area contributed by atoms with Gasteiger partial charge in [-0.2, -0.15) is 8.78 Å². The molecule has 1 unspecified atom stereocenters. The molecular weight excluding hydrogens is 558 g/mol. The Bertz CT molecular complexity index is 1620. The van der Waals surface area contributed by atoms with E-state index in [1.165, 1.54) is 24.9 Å². The second kappa shape index (κ2) is 11.4. The zero-order chi connectivity index (χ0) is 30.1. The van der Waals surface area contributed by atoms with Gasteiger partial charge < -0.3 is 25.6 Å². The van der Waals surface area contributed by atoms with Gasteiger partial charge in [0.05, 0.1) is 23.8 Å². The van der Waals surface area contributed by atoms with Crippen molar-refractivity contribution in [2.75, 3.05) is 35.4 Å². The van der Waals surface area contributed by atoms with E-state index in [0.29, 0.717) is 10.8 Å². The van der Waals surface area contributed by atoms with Crippen molar-refractivity contribution in [3.63, 3.8) is 0 Å². The maximum Gasteiger partial charge on any atom is 0.387 e. The predicted octanol–water partition coefficient (Wildman–Crippen LogP) is 2.45. The van der Waals surface area contributed by atoms with Crippen LogP contribution in [-0.4, -0.2) is 63.9 Å². The minimum atomic E-state index is -3.76. The van der Waals surface area contributed by atoms with Crippen molar-refractivity contribution in [3.8, 4) is 5.75 Å². The quantitative estimate of drug-likeness (QED) is 0.392. The Labute approximate surface area is 236 Å². The highest BCUT2D eigenvalue weighted by Crippen LogP contribution is 2.40. The molecule has 10 nitrogen and oxygen atoms in total. The van der Waals surface area contributed by atoms with E-state index in [1.807, 2.05) is 0 Å². The number of likely N-dealkylation sites (N-methyl/N-ethyl adjacent to an activating group) is 1. The number of primary amides is 1. The number of hydrogen-bond donors (Lipinski definition) is 2. The molecule has 0 fully saturated rings. The number of benzene rings is 3. The number of alkyl halides is 2. The lowest BCUT2D eigenvalue weighted by Gasteiger charge is -2.36. The summed E-state index contributed by atoms with van der Waals surface area (Å²) in [7, 11) is -2.33. The smallest absolute Gasteiger partial charge is 0.387 e. The highest BCUT2D eigenvalue weighted by molar-refractivity contribution is 7.91. The van der Waals surface area contributed by atoms with Crippen molar-refractivity contribution >= 4 is 49.7 Å². The van der Waals surface area contributed by atoms with Gasteiger partial charge in [-0.25, -0.2) is 8.42 Å². The Morgan fingerprint density at radius 2 is 1.73 bits per heavy atom. The normalized spacial score (nSPS) is 17.2. The molecule has 0 spiro atoms. The van der Waals surface area contributed by atoms with E-state index < -0.39 is 51.4 Å². The van der Waals surface area contributed by atoms with Crippen LogP contribution in [0, 0.1) is 5.92 Å². The van der Waals surface area contributed by atoms with E-state index in [0.717, 1.165) is 11.2 Å². The van der Waals surface area contributed by atoms with Crippen LogP contribution < -0.4 is 25.6 Å². The lowest BCUT2D eigenvalue weighted by atomic mass is 9.83. The van der Waals surface area contributed by atoms with Crippen molar-refractivity contribution in [1.29, 1.82) is 0 Å². The number of ether oxygens (including phenoxy) is 1. The van der Waals surface area contributed by atoms with Gasteiger partial charge in [0.1, 0.15) is 17.0 Å². The molecule has 0 saturated heterocycles. The van der Waals surface area contributed by atoms with Crippen LogP contribution in [0.3, 0.4) is 0 Å². The number of para-hydroxylation sites is 2. The molecule has 0 saturated carbocycles. The number of fused-ring (bicyclic) bond motifs is 2. The van der Waals surface area contributed by atoms with Gasteiger partial charge in [-0.1, -0.05) is 42.5 Å². The number of rotatable bonds is 9. The molecule has 3 N–H and O–H groups in total. The zero-order valence-corrected chi connectivity index (χ0v) is 23.5. The molecule has 4 rings (SSSR count). The number of nitrogens with one attached hydrogen (secondary N) is 1. The molecule has 1 aliphatic heterocycles. The Morgan fingerprint density at radius 3 is 2.34 bits per heavy atom. The Kier molecular flexibility index (Phi) is 8.31. The molecule has 0 aliphatic carbocycles. The van der Waals surface area contributed by atoms with Crippen LogP contribution in [-0.2, 0) is 30.8 Å². The zero-order valence-electron chi connectivity index (χ0n) is 22.6. The molecule has 0 bridgehead atoms. The summed E-state index contributed by atoms with van der Waals surface area (Å²) in [6.45, 7) is -2.38.